The molecular weight excluding hydrogens is 266 g/mol. The summed E-state index contributed by atoms with van der Waals surface area (Å²) in [6.45, 7) is 4.97. The number of carboxylic acids is 1. The lowest BCUT2D eigenvalue weighted by molar-refractivity contribution is 0.0697. The number of hydrogen-bond donors (Lipinski definition) is 1. The number of nitrogens with zero attached hydrogens (tertiary/aromatic N) is 1. The number of aromatic carboxylic acids is 1. The monoisotopic (exact) mass is 287 g/mol. The molecule has 1 aromatic carbocycles. The van der Waals surface area contributed by atoms with Gasteiger partial charge < -0.3 is 14.4 Å². The van der Waals surface area contributed by atoms with Crippen molar-refractivity contribution in [3.05, 3.63) is 41.9 Å². The van der Waals surface area contributed by atoms with E-state index in [0.29, 0.717) is 5.56 Å². The van der Waals surface area contributed by atoms with Gasteiger partial charge in [-0.05, 0) is 37.1 Å². The van der Waals surface area contributed by atoms with E-state index in [1.807, 2.05) is 20.0 Å². The van der Waals surface area contributed by atoms with Crippen LogP contribution in [0.15, 0.2) is 35.1 Å². The summed E-state index contributed by atoms with van der Waals surface area (Å²) in [5.74, 6) is -0.901. The van der Waals surface area contributed by atoms with Gasteiger partial charge in [0.1, 0.15) is 0 Å². The van der Waals surface area contributed by atoms with E-state index < -0.39 is 5.97 Å². The first-order chi connectivity index (χ1) is 10.0. The molecule has 0 unspecified atom stereocenters. The van der Waals surface area contributed by atoms with Crippen LogP contribution in [0.5, 0.6) is 0 Å². The van der Waals surface area contributed by atoms with E-state index in [-0.39, 0.29) is 0 Å². The molecular formula is C17H21NO3. The zero-order valence-electron chi connectivity index (χ0n) is 12.7. The highest BCUT2D eigenvalue weighted by Gasteiger charge is 2.17. The molecule has 0 aliphatic heterocycles. The third-order valence-electron chi connectivity index (χ3n) is 3.63. The molecule has 4 nitrogen and oxygen atoms in total. The molecule has 0 aliphatic carbocycles. The van der Waals surface area contributed by atoms with Gasteiger partial charge in [0, 0.05) is 30.4 Å². The summed E-state index contributed by atoms with van der Waals surface area (Å²) in [7, 11) is 2.00. The van der Waals surface area contributed by atoms with Crippen molar-refractivity contribution in [1.82, 2.24) is 0 Å². The van der Waals surface area contributed by atoms with Crippen molar-refractivity contribution in [2.45, 2.75) is 26.7 Å². The number of benzene rings is 1. The molecule has 0 bridgehead atoms. The van der Waals surface area contributed by atoms with Gasteiger partial charge in [-0.2, -0.15) is 0 Å². The molecule has 0 radical (unpaired) electrons. The maximum absolute atomic E-state index is 11.3. The average Bonchev–Trinajstić information content (AvgIpc) is 2.97. The fraction of sp³-hybridized carbons (Fsp3) is 0.353. The minimum Gasteiger partial charge on any atom is -0.478 e. The number of unbranched alkanes of at least 4 members (excludes halogenated alkanes) is 1. The maximum atomic E-state index is 11.3. The van der Waals surface area contributed by atoms with E-state index >= 15 is 0 Å². The highest BCUT2D eigenvalue weighted by Crippen LogP contribution is 2.35. The summed E-state index contributed by atoms with van der Waals surface area (Å²) in [5.41, 5.74) is 4.20. The number of furan rings is 1. The van der Waals surface area contributed by atoms with Gasteiger partial charge in [0.25, 0.3) is 0 Å². The van der Waals surface area contributed by atoms with Crippen molar-refractivity contribution >= 4 is 11.7 Å². The minimum atomic E-state index is -0.901. The van der Waals surface area contributed by atoms with Crippen LogP contribution < -0.4 is 4.90 Å². The Labute approximate surface area is 125 Å². The lowest BCUT2D eigenvalue weighted by Crippen LogP contribution is -2.20. The summed E-state index contributed by atoms with van der Waals surface area (Å²) in [6.07, 6.45) is 5.50. The Morgan fingerprint density at radius 3 is 2.71 bits per heavy atom. The molecule has 1 N–H and O–H groups in total. The first kappa shape index (κ1) is 15.2. The van der Waals surface area contributed by atoms with Gasteiger partial charge in [0.05, 0.1) is 18.1 Å². The first-order valence-corrected chi connectivity index (χ1v) is 7.16. The quantitative estimate of drug-likeness (QED) is 0.865. The minimum absolute atomic E-state index is 0.318. The second-order valence-corrected chi connectivity index (χ2v) is 5.28. The van der Waals surface area contributed by atoms with E-state index in [0.717, 1.165) is 41.8 Å². The standard InChI is InChI=1S/C17H21NO3/c1-4-5-7-18(3)15-10-14(17(19)20)9-12(2)16(15)13-6-8-21-11-13/h6,8-11H,4-5,7H2,1-3H3,(H,19,20). The van der Waals surface area contributed by atoms with E-state index in [1.165, 1.54) is 0 Å². The molecule has 2 aromatic rings. The van der Waals surface area contributed by atoms with Crippen LogP contribution in [0, 0.1) is 6.92 Å². The number of aryl methyl sites for hydroxylation is 1. The second kappa shape index (κ2) is 6.48. The van der Waals surface area contributed by atoms with Gasteiger partial charge in [0.15, 0.2) is 0 Å². The van der Waals surface area contributed by atoms with Gasteiger partial charge in [-0.15, -0.1) is 0 Å². The van der Waals surface area contributed by atoms with E-state index in [9.17, 15) is 9.90 Å². The number of carbonyl (C=O) groups is 1. The van der Waals surface area contributed by atoms with E-state index in [1.54, 1.807) is 24.7 Å². The normalized spacial score (nSPS) is 10.6. The van der Waals surface area contributed by atoms with Gasteiger partial charge in [-0.25, -0.2) is 4.79 Å². The molecule has 0 saturated heterocycles. The number of carboxylic acid groups (broad SMARTS) is 1. The van der Waals surface area contributed by atoms with E-state index in [4.69, 9.17) is 4.42 Å². The van der Waals surface area contributed by atoms with Crippen molar-refractivity contribution in [2.24, 2.45) is 0 Å². The van der Waals surface area contributed by atoms with Crippen molar-refractivity contribution < 1.29 is 14.3 Å². The van der Waals surface area contributed by atoms with Gasteiger partial charge in [-0.3, -0.25) is 0 Å². The number of anilines is 1. The molecule has 112 valence electrons. The Bertz CT molecular complexity index is 617. The molecule has 0 spiro atoms. The van der Waals surface area contributed by atoms with Crippen LogP contribution in [-0.2, 0) is 0 Å². The van der Waals surface area contributed by atoms with Crippen molar-refractivity contribution in [1.29, 1.82) is 0 Å². The van der Waals surface area contributed by atoms with Crippen LogP contribution in [0.1, 0.15) is 35.7 Å². The topological polar surface area (TPSA) is 53.7 Å². The van der Waals surface area contributed by atoms with Crippen molar-refractivity contribution in [2.75, 3.05) is 18.5 Å². The Balaban J connectivity index is 2.54. The predicted octanol–water partition coefficient (Wildman–Crippen LogP) is 4.19. The lowest BCUT2D eigenvalue weighted by atomic mass is 9.97. The molecule has 0 atom stereocenters. The van der Waals surface area contributed by atoms with Gasteiger partial charge in [0.2, 0.25) is 0 Å². The average molecular weight is 287 g/mol. The fourth-order valence-corrected chi connectivity index (χ4v) is 2.49. The Kier molecular flexibility index (Phi) is 4.68. The first-order valence-electron chi connectivity index (χ1n) is 7.16. The van der Waals surface area contributed by atoms with Crippen LogP contribution in [0.3, 0.4) is 0 Å². The highest BCUT2D eigenvalue weighted by atomic mass is 16.4. The molecule has 4 heteroatoms. The van der Waals surface area contributed by atoms with Crippen molar-refractivity contribution in [3.8, 4) is 11.1 Å². The third-order valence-corrected chi connectivity index (χ3v) is 3.63. The zero-order chi connectivity index (χ0) is 15.4. The Hall–Kier alpha value is -2.23. The summed E-state index contributed by atoms with van der Waals surface area (Å²) in [6, 6.07) is 5.36. The molecule has 0 saturated carbocycles. The smallest absolute Gasteiger partial charge is 0.335 e. The Morgan fingerprint density at radius 1 is 1.38 bits per heavy atom. The predicted molar refractivity (Wildman–Crippen MR) is 84.0 cm³/mol. The van der Waals surface area contributed by atoms with Crippen molar-refractivity contribution in [3.63, 3.8) is 0 Å². The van der Waals surface area contributed by atoms with Gasteiger partial charge in [-0.1, -0.05) is 13.3 Å². The molecule has 1 aromatic heterocycles. The maximum Gasteiger partial charge on any atom is 0.335 e. The molecule has 0 amide bonds. The highest BCUT2D eigenvalue weighted by molar-refractivity contribution is 5.93. The lowest BCUT2D eigenvalue weighted by Gasteiger charge is -2.24. The summed E-state index contributed by atoms with van der Waals surface area (Å²) >= 11 is 0. The fourth-order valence-electron chi connectivity index (χ4n) is 2.49. The third kappa shape index (κ3) is 3.27. The summed E-state index contributed by atoms with van der Waals surface area (Å²) in [4.78, 5) is 13.4. The molecule has 2 rings (SSSR count). The molecule has 21 heavy (non-hydrogen) atoms. The summed E-state index contributed by atoms with van der Waals surface area (Å²) in [5, 5.41) is 9.28. The van der Waals surface area contributed by atoms with Gasteiger partial charge >= 0.3 is 5.97 Å². The zero-order valence-corrected chi connectivity index (χ0v) is 12.7. The van der Waals surface area contributed by atoms with Crippen LogP contribution in [0.2, 0.25) is 0 Å². The number of rotatable bonds is 6. The van der Waals surface area contributed by atoms with E-state index in [2.05, 4.69) is 11.8 Å². The summed E-state index contributed by atoms with van der Waals surface area (Å²) < 4.78 is 5.18. The molecule has 0 fully saturated rings. The van der Waals surface area contributed by atoms with Crippen LogP contribution in [-0.4, -0.2) is 24.7 Å². The molecule has 1 heterocycles. The Morgan fingerprint density at radius 2 is 2.14 bits per heavy atom. The van der Waals surface area contributed by atoms with Crippen LogP contribution in [0.4, 0.5) is 5.69 Å². The van der Waals surface area contributed by atoms with Crippen LogP contribution in [0.25, 0.3) is 11.1 Å². The van der Waals surface area contributed by atoms with Crippen LogP contribution >= 0.6 is 0 Å². The largest absolute Gasteiger partial charge is 0.478 e. The number of hydrogen-bond acceptors (Lipinski definition) is 3. The SMILES string of the molecule is CCCCN(C)c1cc(C(=O)O)cc(C)c1-c1ccoc1. The molecule has 0 aliphatic rings. The second-order valence-electron chi connectivity index (χ2n) is 5.28.